The molecule has 0 saturated heterocycles. The average Bonchev–Trinajstić information content (AvgIpc) is 3.08. The Balaban J connectivity index is 1.79. The number of fused-ring (bicyclic) bond motifs is 1. The summed E-state index contributed by atoms with van der Waals surface area (Å²) in [6.45, 7) is 9.56. The zero-order valence-corrected chi connectivity index (χ0v) is 14.7. The molecule has 4 unspecified atom stereocenters. The zero-order chi connectivity index (χ0) is 14.2. The number of hydrogen-bond donors (Lipinski definition) is 0. The van der Waals surface area contributed by atoms with Crippen molar-refractivity contribution in [1.82, 2.24) is 0 Å². The molecule has 0 aromatic heterocycles. The molecule has 114 valence electrons. The summed E-state index contributed by atoms with van der Waals surface area (Å²) in [6, 6.07) is 0. The SMILES string of the molecule is C=CCC1CC([Si](C)(C)C2CCCC2)C2CCCCC12. The molecule has 0 aromatic carbocycles. The summed E-state index contributed by atoms with van der Waals surface area (Å²) in [5.74, 6) is 3.17. The quantitative estimate of drug-likeness (QED) is 0.414. The molecule has 0 aliphatic heterocycles. The summed E-state index contributed by atoms with van der Waals surface area (Å²) < 4.78 is 0. The maximum absolute atomic E-state index is 4.04. The second-order valence-electron chi connectivity index (χ2n) is 8.54. The van der Waals surface area contributed by atoms with Gasteiger partial charge in [0.2, 0.25) is 0 Å². The van der Waals surface area contributed by atoms with Crippen molar-refractivity contribution in [3.63, 3.8) is 0 Å². The van der Waals surface area contributed by atoms with Gasteiger partial charge < -0.3 is 0 Å². The van der Waals surface area contributed by atoms with Crippen molar-refractivity contribution < 1.29 is 0 Å². The fourth-order valence-corrected chi connectivity index (χ4v) is 11.2. The van der Waals surface area contributed by atoms with Gasteiger partial charge in [0, 0.05) is 0 Å². The molecule has 20 heavy (non-hydrogen) atoms. The van der Waals surface area contributed by atoms with E-state index in [1.165, 1.54) is 38.5 Å². The first kappa shape index (κ1) is 14.9. The van der Waals surface area contributed by atoms with Crippen molar-refractivity contribution in [2.24, 2.45) is 17.8 Å². The van der Waals surface area contributed by atoms with Crippen LogP contribution in [-0.2, 0) is 0 Å². The summed E-state index contributed by atoms with van der Waals surface area (Å²) in [6.07, 6.45) is 17.4. The van der Waals surface area contributed by atoms with Gasteiger partial charge in [-0.3, -0.25) is 0 Å². The third-order valence-corrected chi connectivity index (χ3v) is 12.6. The third kappa shape index (κ3) is 2.55. The lowest BCUT2D eigenvalue weighted by molar-refractivity contribution is 0.227. The van der Waals surface area contributed by atoms with Crippen LogP contribution in [0.3, 0.4) is 0 Å². The fraction of sp³-hybridized carbons (Fsp3) is 0.895. The summed E-state index contributed by atoms with van der Waals surface area (Å²) in [5.41, 5.74) is 2.29. The van der Waals surface area contributed by atoms with Crippen molar-refractivity contribution in [2.45, 2.75) is 88.4 Å². The molecule has 3 rings (SSSR count). The van der Waals surface area contributed by atoms with Gasteiger partial charge in [0.15, 0.2) is 0 Å². The molecule has 4 atom stereocenters. The van der Waals surface area contributed by atoms with Crippen molar-refractivity contribution in [2.75, 3.05) is 0 Å². The number of rotatable bonds is 4. The van der Waals surface area contributed by atoms with Crippen LogP contribution in [0.15, 0.2) is 12.7 Å². The van der Waals surface area contributed by atoms with E-state index in [0.29, 0.717) is 0 Å². The molecule has 1 heteroatoms. The Labute approximate surface area is 127 Å². The Morgan fingerprint density at radius 3 is 2.20 bits per heavy atom. The molecule has 0 heterocycles. The first-order valence-corrected chi connectivity index (χ1v) is 12.4. The molecule has 3 fully saturated rings. The second-order valence-corrected chi connectivity index (χ2v) is 13.7. The smallest absolute Gasteiger partial charge is 0.0538 e. The van der Waals surface area contributed by atoms with Gasteiger partial charge in [-0.2, -0.15) is 0 Å². The van der Waals surface area contributed by atoms with E-state index in [1.54, 1.807) is 25.7 Å². The van der Waals surface area contributed by atoms with E-state index in [-0.39, 0.29) is 0 Å². The largest absolute Gasteiger partial charge is 0.103 e. The summed E-state index contributed by atoms with van der Waals surface area (Å²) in [4.78, 5) is 0. The molecule has 0 radical (unpaired) electrons. The predicted molar refractivity (Wildman–Crippen MR) is 91.8 cm³/mol. The standard InChI is InChI=1S/C19H34Si/c1-4-9-15-14-19(18-13-8-7-12-17(15)18)20(2,3)16-10-5-6-11-16/h4,15-19H,1,5-14H2,2-3H3. The van der Waals surface area contributed by atoms with Crippen LogP contribution < -0.4 is 0 Å². The van der Waals surface area contributed by atoms with Crippen LogP contribution in [-0.4, -0.2) is 8.07 Å². The van der Waals surface area contributed by atoms with E-state index in [2.05, 4.69) is 25.7 Å². The number of allylic oxidation sites excluding steroid dienone is 1. The van der Waals surface area contributed by atoms with E-state index in [4.69, 9.17) is 0 Å². The molecule has 0 spiro atoms. The van der Waals surface area contributed by atoms with Crippen molar-refractivity contribution in [1.29, 1.82) is 0 Å². The Morgan fingerprint density at radius 1 is 0.950 bits per heavy atom. The van der Waals surface area contributed by atoms with Crippen molar-refractivity contribution in [3.05, 3.63) is 12.7 Å². The molecule has 0 amide bonds. The highest BCUT2D eigenvalue weighted by molar-refractivity contribution is 6.80. The zero-order valence-electron chi connectivity index (χ0n) is 13.7. The lowest BCUT2D eigenvalue weighted by Gasteiger charge is -2.41. The molecular weight excluding hydrogens is 256 g/mol. The van der Waals surface area contributed by atoms with Crippen LogP contribution in [0, 0.1) is 17.8 Å². The number of hydrogen-bond acceptors (Lipinski definition) is 0. The monoisotopic (exact) mass is 290 g/mol. The van der Waals surface area contributed by atoms with Gasteiger partial charge in [-0.1, -0.05) is 64.1 Å². The van der Waals surface area contributed by atoms with Crippen LogP contribution in [0.4, 0.5) is 0 Å². The molecule has 0 nitrogen and oxygen atoms in total. The Bertz CT molecular complexity index is 340. The summed E-state index contributed by atoms with van der Waals surface area (Å²) in [7, 11) is -1.05. The molecule has 0 N–H and O–H groups in total. The molecule has 3 aliphatic carbocycles. The predicted octanol–water partition coefficient (Wildman–Crippen LogP) is 6.41. The van der Waals surface area contributed by atoms with Crippen LogP contribution >= 0.6 is 0 Å². The molecular formula is C19H34Si. The molecule has 0 bridgehead atoms. The Hall–Kier alpha value is -0.0431. The van der Waals surface area contributed by atoms with Gasteiger partial charge in [-0.25, -0.2) is 0 Å². The normalized spacial score (nSPS) is 38.9. The lowest BCUT2D eigenvalue weighted by Crippen LogP contribution is -2.40. The lowest BCUT2D eigenvalue weighted by atomic mass is 9.77. The fourth-order valence-electron chi connectivity index (χ4n) is 6.26. The maximum Gasteiger partial charge on any atom is 0.0538 e. The second kappa shape index (κ2) is 5.99. The van der Waals surface area contributed by atoms with E-state index in [9.17, 15) is 0 Å². The summed E-state index contributed by atoms with van der Waals surface area (Å²) >= 11 is 0. The third-order valence-electron chi connectivity index (χ3n) is 7.39. The summed E-state index contributed by atoms with van der Waals surface area (Å²) in [5, 5.41) is 0. The van der Waals surface area contributed by atoms with Crippen LogP contribution in [0.2, 0.25) is 24.2 Å². The highest BCUT2D eigenvalue weighted by Crippen LogP contribution is 2.60. The van der Waals surface area contributed by atoms with Crippen molar-refractivity contribution in [3.8, 4) is 0 Å². The van der Waals surface area contributed by atoms with Crippen LogP contribution in [0.5, 0.6) is 0 Å². The maximum atomic E-state index is 4.04. The van der Waals surface area contributed by atoms with Crippen LogP contribution in [0.25, 0.3) is 0 Å². The molecule has 3 saturated carbocycles. The Kier molecular flexibility index (Phi) is 4.45. The van der Waals surface area contributed by atoms with Crippen LogP contribution in [0.1, 0.15) is 64.2 Å². The molecule has 0 aromatic rings. The van der Waals surface area contributed by atoms with Gasteiger partial charge >= 0.3 is 0 Å². The van der Waals surface area contributed by atoms with Gasteiger partial charge in [-0.05, 0) is 48.1 Å². The first-order valence-electron chi connectivity index (χ1n) is 9.25. The first-order chi connectivity index (χ1) is 9.64. The minimum atomic E-state index is -1.05. The highest BCUT2D eigenvalue weighted by Gasteiger charge is 2.52. The topological polar surface area (TPSA) is 0 Å². The van der Waals surface area contributed by atoms with E-state index in [1.807, 2.05) is 0 Å². The van der Waals surface area contributed by atoms with Gasteiger partial charge in [0.1, 0.15) is 0 Å². The highest BCUT2D eigenvalue weighted by atomic mass is 28.3. The van der Waals surface area contributed by atoms with E-state index in [0.717, 1.165) is 28.8 Å². The Morgan fingerprint density at radius 2 is 1.55 bits per heavy atom. The van der Waals surface area contributed by atoms with Gasteiger partial charge in [0.05, 0.1) is 8.07 Å². The average molecular weight is 291 g/mol. The van der Waals surface area contributed by atoms with E-state index < -0.39 is 8.07 Å². The minimum absolute atomic E-state index is 0.996. The van der Waals surface area contributed by atoms with E-state index >= 15 is 0 Å². The molecule has 3 aliphatic rings. The van der Waals surface area contributed by atoms with Gasteiger partial charge in [0.25, 0.3) is 0 Å². The van der Waals surface area contributed by atoms with Crippen molar-refractivity contribution >= 4 is 8.07 Å². The minimum Gasteiger partial charge on any atom is -0.103 e. The van der Waals surface area contributed by atoms with Gasteiger partial charge in [-0.15, -0.1) is 6.58 Å².